The van der Waals surface area contributed by atoms with E-state index in [1.807, 2.05) is 0 Å². The van der Waals surface area contributed by atoms with Crippen LogP contribution < -0.4 is 9.46 Å². The smallest absolute Gasteiger partial charge is 0.275 e. The summed E-state index contributed by atoms with van der Waals surface area (Å²) in [7, 11) is -2.42. The average molecular weight is 452 g/mol. The van der Waals surface area contributed by atoms with Gasteiger partial charge in [0.05, 0.1) is 27.6 Å². The summed E-state index contributed by atoms with van der Waals surface area (Å²) in [6.07, 6.45) is 1.71. The van der Waals surface area contributed by atoms with Crippen LogP contribution in [0, 0.1) is 17.0 Å². The first-order valence-electron chi connectivity index (χ1n) is 8.74. The molecule has 1 N–H and O–H groups in total. The summed E-state index contributed by atoms with van der Waals surface area (Å²) in [5, 5.41) is 11.1. The Kier molecular flexibility index (Phi) is 6.40. The molecule has 9 nitrogen and oxygen atoms in total. The van der Waals surface area contributed by atoms with Crippen molar-refractivity contribution in [3.63, 3.8) is 0 Å². The zero-order valence-corrected chi connectivity index (χ0v) is 17.7. The fourth-order valence-corrected chi connectivity index (χ4v) is 4.03. The Labute approximate surface area is 177 Å². The number of benzene rings is 2. The molecule has 11 heteroatoms. The van der Waals surface area contributed by atoms with E-state index >= 15 is 0 Å². The zero-order valence-electron chi connectivity index (χ0n) is 16.1. The molecular weight excluding hydrogens is 434 g/mol. The van der Waals surface area contributed by atoms with Gasteiger partial charge in [-0.25, -0.2) is 18.1 Å². The second-order valence-corrected chi connectivity index (χ2v) is 8.50. The number of nitrogens with zero attached hydrogens (tertiary/aromatic N) is 2. The van der Waals surface area contributed by atoms with Gasteiger partial charge in [0, 0.05) is 30.2 Å². The Hall–Kier alpha value is -2.95. The molecule has 0 radical (unpaired) electrons. The van der Waals surface area contributed by atoms with Crippen LogP contribution >= 0.6 is 11.6 Å². The number of nitro groups is 1. The average Bonchev–Trinajstić information content (AvgIpc) is 3.18. The molecule has 0 saturated carbocycles. The first kappa shape index (κ1) is 21.8. The molecule has 0 aliphatic carbocycles. The van der Waals surface area contributed by atoms with Gasteiger partial charge in [-0.1, -0.05) is 11.6 Å². The van der Waals surface area contributed by atoms with E-state index in [0.717, 1.165) is 11.6 Å². The lowest BCUT2D eigenvalue weighted by atomic mass is 10.2. The van der Waals surface area contributed by atoms with Gasteiger partial charge in [0.2, 0.25) is 15.9 Å². The van der Waals surface area contributed by atoms with Gasteiger partial charge in [-0.05, 0) is 37.3 Å². The number of rotatable bonds is 8. The summed E-state index contributed by atoms with van der Waals surface area (Å²) in [4.78, 5) is 14.5. The van der Waals surface area contributed by atoms with Crippen molar-refractivity contribution in [2.75, 3.05) is 13.7 Å². The van der Waals surface area contributed by atoms with Crippen LogP contribution in [0.15, 0.2) is 52.0 Å². The summed E-state index contributed by atoms with van der Waals surface area (Å²) in [5.41, 5.74) is 1.15. The van der Waals surface area contributed by atoms with E-state index in [4.69, 9.17) is 20.8 Å². The summed E-state index contributed by atoms with van der Waals surface area (Å²) >= 11 is 5.95. The normalized spacial score (nSPS) is 11.4. The zero-order chi connectivity index (χ0) is 21.9. The second kappa shape index (κ2) is 8.82. The lowest BCUT2D eigenvalue weighted by Crippen LogP contribution is -2.26. The number of hydrogen-bond acceptors (Lipinski definition) is 7. The van der Waals surface area contributed by atoms with Crippen LogP contribution in [0.4, 0.5) is 5.69 Å². The van der Waals surface area contributed by atoms with Crippen molar-refractivity contribution >= 4 is 27.3 Å². The molecule has 2 aromatic carbocycles. The molecule has 0 fully saturated rings. The van der Waals surface area contributed by atoms with Gasteiger partial charge >= 0.3 is 0 Å². The Morgan fingerprint density at radius 3 is 2.60 bits per heavy atom. The first-order chi connectivity index (χ1) is 14.2. The predicted octanol–water partition coefficient (Wildman–Crippen LogP) is 3.74. The van der Waals surface area contributed by atoms with Crippen LogP contribution in [0.5, 0.6) is 5.75 Å². The van der Waals surface area contributed by atoms with Crippen molar-refractivity contribution in [2.24, 2.45) is 0 Å². The minimum absolute atomic E-state index is 0.00482. The minimum Gasteiger partial charge on any atom is -0.497 e. The number of aromatic nitrogens is 1. The standard InChI is InChI=1S/C19H18ClN3O6S/c1-12-17(20)9-16(10-18(12)23(24)25)30(26,27)21-8-7-14-11-29-19(22-14)13-3-5-15(28-2)6-4-13/h3-6,9-11,21H,7-8H2,1-2H3. The van der Waals surface area contributed by atoms with Crippen LogP contribution in [-0.2, 0) is 16.4 Å². The van der Waals surface area contributed by atoms with Crippen LogP contribution in [0.1, 0.15) is 11.3 Å². The Morgan fingerprint density at radius 1 is 1.27 bits per heavy atom. The van der Waals surface area contributed by atoms with Gasteiger partial charge in [-0.3, -0.25) is 10.1 Å². The Bertz CT molecular complexity index is 1180. The molecule has 0 bridgehead atoms. The van der Waals surface area contributed by atoms with E-state index in [2.05, 4.69) is 9.71 Å². The maximum atomic E-state index is 12.5. The molecule has 3 aromatic rings. The van der Waals surface area contributed by atoms with Crippen molar-refractivity contribution in [3.05, 3.63) is 69.1 Å². The minimum atomic E-state index is -3.99. The maximum absolute atomic E-state index is 12.5. The molecule has 0 aliphatic heterocycles. The molecule has 0 amide bonds. The highest BCUT2D eigenvalue weighted by Crippen LogP contribution is 2.29. The third kappa shape index (κ3) is 4.78. The van der Waals surface area contributed by atoms with E-state index in [9.17, 15) is 18.5 Å². The molecular formula is C19H18ClN3O6S. The van der Waals surface area contributed by atoms with Gasteiger partial charge < -0.3 is 9.15 Å². The summed E-state index contributed by atoms with van der Waals surface area (Å²) < 4.78 is 37.9. The number of nitro benzene ring substituents is 1. The molecule has 0 saturated heterocycles. The van der Waals surface area contributed by atoms with Gasteiger partial charge in [0.1, 0.15) is 12.0 Å². The third-order valence-electron chi connectivity index (χ3n) is 4.36. The fraction of sp³-hybridized carbons (Fsp3) is 0.211. The maximum Gasteiger partial charge on any atom is 0.275 e. The number of methoxy groups -OCH3 is 1. The number of ether oxygens (including phenoxy) is 1. The first-order valence-corrected chi connectivity index (χ1v) is 10.6. The Morgan fingerprint density at radius 2 is 1.97 bits per heavy atom. The quantitative estimate of drug-likeness (QED) is 0.408. The van der Waals surface area contributed by atoms with Gasteiger partial charge in [-0.2, -0.15) is 0 Å². The molecule has 1 heterocycles. The molecule has 0 spiro atoms. The number of hydrogen-bond donors (Lipinski definition) is 1. The van der Waals surface area contributed by atoms with Crippen LogP contribution in [0.3, 0.4) is 0 Å². The third-order valence-corrected chi connectivity index (χ3v) is 6.19. The lowest BCUT2D eigenvalue weighted by Gasteiger charge is -2.08. The highest BCUT2D eigenvalue weighted by Gasteiger charge is 2.22. The second-order valence-electron chi connectivity index (χ2n) is 6.33. The van der Waals surface area contributed by atoms with Crippen molar-refractivity contribution in [3.8, 4) is 17.2 Å². The van der Waals surface area contributed by atoms with E-state index < -0.39 is 14.9 Å². The van der Waals surface area contributed by atoms with E-state index in [1.54, 1.807) is 31.4 Å². The highest BCUT2D eigenvalue weighted by atomic mass is 35.5. The monoisotopic (exact) mass is 451 g/mol. The molecule has 0 unspecified atom stereocenters. The topological polar surface area (TPSA) is 125 Å². The Balaban J connectivity index is 1.67. The molecule has 30 heavy (non-hydrogen) atoms. The van der Waals surface area contributed by atoms with Crippen molar-refractivity contribution < 1.29 is 22.5 Å². The molecule has 158 valence electrons. The van der Waals surface area contributed by atoms with Crippen LogP contribution in [0.25, 0.3) is 11.5 Å². The number of sulfonamides is 1. The number of halogens is 1. The van der Waals surface area contributed by atoms with Crippen molar-refractivity contribution in [1.29, 1.82) is 0 Å². The van der Waals surface area contributed by atoms with Crippen molar-refractivity contribution in [2.45, 2.75) is 18.2 Å². The lowest BCUT2D eigenvalue weighted by molar-refractivity contribution is -0.385. The molecule has 1 aromatic heterocycles. The molecule has 3 rings (SSSR count). The van der Waals surface area contributed by atoms with E-state index in [-0.39, 0.29) is 34.1 Å². The number of nitrogens with one attached hydrogen (secondary N) is 1. The summed E-state index contributed by atoms with van der Waals surface area (Å²) in [5.74, 6) is 1.10. The summed E-state index contributed by atoms with van der Waals surface area (Å²) in [6.45, 7) is 1.48. The van der Waals surface area contributed by atoms with Gasteiger partial charge in [0.15, 0.2) is 0 Å². The van der Waals surface area contributed by atoms with Crippen LogP contribution in [-0.4, -0.2) is 32.0 Å². The van der Waals surface area contributed by atoms with Gasteiger partial charge in [-0.15, -0.1) is 0 Å². The SMILES string of the molecule is COc1ccc(-c2nc(CCNS(=O)(=O)c3cc(Cl)c(C)c([N+](=O)[O-])c3)co2)cc1. The highest BCUT2D eigenvalue weighted by molar-refractivity contribution is 7.89. The number of oxazole rings is 1. The fourth-order valence-electron chi connectivity index (χ4n) is 2.67. The molecule has 0 aliphatic rings. The molecule has 0 atom stereocenters. The van der Waals surface area contributed by atoms with E-state index in [1.165, 1.54) is 19.3 Å². The largest absolute Gasteiger partial charge is 0.497 e. The van der Waals surface area contributed by atoms with Gasteiger partial charge in [0.25, 0.3) is 5.69 Å². The summed E-state index contributed by atoms with van der Waals surface area (Å²) in [6, 6.07) is 9.32. The van der Waals surface area contributed by atoms with E-state index in [0.29, 0.717) is 17.3 Å². The van der Waals surface area contributed by atoms with Crippen LogP contribution in [0.2, 0.25) is 5.02 Å². The predicted molar refractivity (Wildman–Crippen MR) is 110 cm³/mol. The van der Waals surface area contributed by atoms with Crippen molar-refractivity contribution in [1.82, 2.24) is 9.71 Å².